The minimum absolute atomic E-state index is 0.0450. The van der Waals surface area contributed by atoms with Crippen molar-refractivity contribution in [1.82, 2.24) is 24.9 Å². The van der Waals surface area contributed by atoms with Crippen LogP contribution in [0.25, 0.3) is 0 Å². The Labute approximate surface area is 153 Å². The van der Waals surface area contributed by atoms with Crippen molar-refractivity contribution in [3.05, 3.63) is 35.7 Å². The zero-order valence-electron chi connectivity index (χ0n) is 15.6. The van der Waals surface area contributed by atoms with Crippen molar-refractivity contribution in [2.24, 2.45) is 0 Å². The summed E-state index contributed by atoms with van der Waals surface area (Å²) >= 11 is 0. The largest absolute Gasteiger partial charge is 0.340 e. The summed E-state index contributed by atoms with van der Waals surface area (Å²) in [5.41, 5.74) is 1.78. The zero-order valence-corrected chi connectivity index (χ0v) is 15.6. The van der Waals surface area contributed by atoms with Gasteiger partial charge in [0.2, 0.25) is 5.89 Å². The third kappa shape index (κ3) is 4.57. The van der Waals surface area contributed by atoms with Gasteiger partial charge in [-0.3, -0.25) is 9.88 Å². The molecule has 140 valence electrons. The number of aromatic nitrogens is 3. The Kier molecular flexibility index (Phi) is 5.82. The van der Waals surface area contributed by atoms with E-state index < -0.39 is 0 Å². The first-order valence-electron chi connectivity index (χ1n) is 8.99. The molecule has 26 heavy (non-hydrogen) atoms. The molecule has 1 aliphatic rings. The van der Waals surface area contributed by atoms with E-state index >= 15 is 0 Å². The number of rotatable bonds is 4. The van der Waals surface area contributed by atoms with E-state index in [-0.39, 0.29) is 6.03 Å². The third-order valence-electron chi connectivity index (χ3n) is 4.83. The molecule has 0 aliphatic carbocycles. The van der Waals surface area contributed by atoms with Crippen molar-refractivity contribution in [2.45, 2.75) is 45.7 Å². The Bertz CT molecular complexity index is 747. The van der Waals surface area contributed by atoms with Crippen molar-refractivity contribution in [2.75, 3.05) is 25.5 Å². The average Bonchev–Trinajstić information content (AvgIpc) is 2.87. The topological polar surface area (TPSA) is 87.4 Å². The van der Waals surface area contributed by atoms with Crippen LogP contribution in [0.15, 0.2) is 23.0 Å². The van der Waals surface area contributed by atoms with Crippen molar-refractivity contribution in [1.29, 1.82) is 0 Å². The lowest BCUT2D eigenvalue weighted by Gasteiger charge is -2.26. The number of pyridine rings is 1. The monoisotopic (exact) mass is 358 g/mol. The van der Waals surface area contributed by atoms with Crippen LogP contribution < -0.4 is 5.32 Å². The van der Waals surface area contributed by atoms with E-state index in [1.54, 1.807) is 19.3 Å². The average molecular weight is 358 g/mol. The molecule has 0 aromatic carbocycles. The summed E-state index contributed by atoms with van der Waals surface area (Å²) in [6.45, 7) is 5.89. The lowest BCUT2D eigenvalue weighted by atomic mass is 10.1. The fourth-order valence-electron chi connectivity index (χ4n) is 3.29. The highest BCUT2D eigenvalue weighted by Crippen LogP contribution is 2.19. The van der Waals surface area contributed by atoms with Gasteiger partial charge in [0.1, 0.15) is 0 Å². The number of nitrogens with one attached hydrogen (secondary N) is 1. The van der Waals surface area contributed by atoms with Crippen LogP contribution in [0.2, 0.25) is 0 Å². The Balaban J connectivity index is 1.54. The molecule has 2 amide bonds. The van der Waals surface area contributed by atoms with Crippen LogP contribution in [-0.2, 0) is 6.54 Å². The molecule has 8 nitrogen and oxygen atoms in total. The van der Waals surface area contributed by atoms with Crippen molar-refractivity contribution in [3.8, 4) is 0 Å². The van der Waals surface area contributed by atoms with Gasteiger partial charge in [0.25, 0.3) is 0 Å². The molecule has 1 saturated heterocycles. The first-order chi connectivity index (χ1) is 12.5. The van der Waals surface area contributed by atoms with Crippen LogP contribution in [0.5, 0.6) is 0 Å². The summed E-state index contributed by atoms with van der Waals surface area (Å²) in [5, 5.41) is 6.96. The molecule has 1 aliphatic heterocycles. The molecule has 0 unspecified atom stereocenters. The second kappa shape index (κ2) is 8.27. The highest BCUT2D eigenvalue weighted by atomic mass is 16.5. The van der Waals surface area contributed by atoms with Gasteiger partial charge >= 0.3 is 6.03 Å². The van der Waals surface area contributed by atoms with E-state index in [1.165, 1.54) is 0 Å². The Morgan fingerprint density at radius 2 is 2.23 bits per heavy atom. The number of aryl methyl sites for hydroxylation is 2. The lowest BCUT2D eigenvalue weighted by molar-refractivity contribution is 0.197. The van der Waals surface area contributed by atoms with Gasteiger partial charge in [-0.25, -0.2) is 4.79 Å². The van der Waals surface area contributed by atoms with Crippen LogP contribution in [0.3, 0.4) is 0 Å². The van der Waals surface area contributed by atoms with E-state index in [1.807, 2.05) is 17.9 Å². The Hall–Kier alpha value is -2.48. The molecular weight excluding hydrogens is 332 g/mol. The highest BCUT2D eigenvalue weighted by Gasteiger charge is 2.24. The van der Waals surface area contributed by atoms with E-state index in [0.717, 1.165) is 43.6 Å². The van der Waals surface area contributed by atoms with E-state index in [2.05, 4.69) is 32.4 Å². The smallest absolute Gasteiger partial charge is 0.321 e. The molecule has 0 radical (unpaired) electrons. The maximum absolute atomic E-state index is 12.6. The van der Waals surface area contributed by atoms with E-state index in [9.17, 15) is 4.79 Å². The quantitative estimate of drug-likeness (QED) is 0.904. The van der Waals surface area contributed by atoms with E-state index in [4.69, 9.17) is 4.52 Å². The maximum atomic E-state index is 12.6. The normalized spacial score (nSPS) is 18.0. The van der Waals surface area contributed by atoms with Gasteiger partial charge in [0, 0.05) is 44.1 Å². The molecule has 2 aromatic rings. The van der Waals surface area contributed by atoms with Crippen LogP contribution in [-0.4, -0.2) is 57.1 Å². The lowest BCUT2D eigenvalue weighted by Crippen LogP contribution is -2.37. The summed E-state index contributed by atoms with van der Waals surface area (Å²) in [6.07, 6.45) is 6.39. The number of amides is 2. The summed E-state index contributed by atoms with van der Waals surface area (Å²) < 4.78 is 5.04. The number of nitrogens with zero attached hydrogens (tertiary/aromatic N) is 5. The second-order valence-corrected chi connectivity index (χ2v) is 6.84. The predicted molar refractivity (Wildman–Crippen MR) is 97.7 cm³/mol. The minimum Gasteiger partial charge on any atom is -0.340 e. The number of hydrogen-bond donors (Lipinski definition) is 1. The van der Waals surface area contributed by atoms with Gasteiger partial charge in [-0.2, -0.15) is 4.98 Å². The molecule has 2 aromatic heterocycles. The summed E-state index contributed by atoms with van der Waals surface area (Å²) in [4.78, 5) is 25.1. The number of urea groups is 1. The fraction of sp³-hybridized carbons (Fsp3) is 0.556. The number of likely N-dealkylation sites (tertiary alicyclic amines) is 1. The summed E-state index contributed by atoms with van der Waals surface area (Å²) in [7, 11) is 2.08. The molecular formula is C18H26N6O2. The highest BCUT2D eigenvalue weighted by molar-refractivity contribution is 5.90. The standard InChI is InChI=1S/C18H26N6O2/c1-13-11-19-8-6-16(13)21-18(25)24-9-4-5-15(7-10-24)23(3)12-17-20-14(2)26-22-17/h6,8,11,15H,4-5,7,9-10,12H2,1-3H3,(H,19,21,25)/t15-/m0/s1. The minimum atomic E-state index is -0.0450. The Morgan fingerprint density at radius 1 is 1.38 bits per heavy atom. The van der Waals surface area contributed by atoms with Gasteiger partial charge in [-0.1, -0.05) is 5.16 Å². The zero-order chi connectivity index (χ0) is 18.5. The molecule has 8 heteroatoms. The molecule has 3 rings (SSSR count). The van der Waals surface area contributed by atoms with Crippen molar-refractivity contribution >= 4 is 11.7 Å². The van der Waals surface area contributed by atoms with Crippen LogP contribution in [0.4, 0.5) is 10.5 Å². The van der Waals surface area contributed by atoms with Crippen LogP contribution in [0, 0.1) is 13.8 Å². The first kappa shape index (κ1) is 18.3. The number of anilines is 1. The fourth-order valence-corrected chi connectivity index (χ4v) is 3.29. The van der Waals surface area contributed by atoms with Gasteiger partial charge in [-0.05, 0) is 44.9 Å². The maximum Gasteiger partial charge on any atom is 0.321 e. The number of carbonyl (C=O) groups is 1. The van der Waals surface area contributed by atoms with Crippen molar-refractivity contribution in [3.63, 3.8) is 0 Å². The summed E-state index contributed by atoms with van der Waals surface area (Å²) in [5.74, 6) is 1.29. The second-order valence-electron chi connectivity index (χ2n) is 6.84. The Morgan fingerprint density at radius 3 is 2.96 bits per heavy atom. The number of hydrogen-bond acceptors (Lipinski definition) is 6. The SMILES string of the molecule is Cc1nc(CN(C)[C@H]2CCCN(C(=O)Nc3ccncc3C)CC2)no1. The predicted octanol–water partition coefficient (Wildman–Crippen LogP) is 2.60. The van der Waals surface area contributed by atoms with Gasteiger partial charge in [0.15, 0.2) is 5.82 Å². The number of carbonyl (C=O) groups excluding carboxylic acids is 1. The molecule has 1 N–H and O–H groups in total. The van der Waals surface area contributed by atoms with E-state index in [0.29, 0.717) is 24.3 Å². The molecule has 3 heterocycles. The summed E-state index contributed by atoms with van der Waals surface area (Å²) in [6, 6.07) is 2.18. The molecule has 0 spiro atoms. The third-order valence-corrected chi connectivity index (χ3v) is 4.83. The first-order valence-corrected chi connectivity index (χ1v) is 8.99. The molecule has 0 saturated carbocycles. The van der Waals surface area contributed by atoms with Crippen LogP contribution >= 0.6 is 0 Å². The molecule has 0 bridgehead atoms. The van der Waals surface area contributed by atoms with Gasteiger partial charge < -0.3 is 14.7 Å². The molecule has 1 atom stereocenters. The van der Waals surface area contributed by atoms with Crippen molar-refractivity contribution < 1.29 is 9.32 Å². The van der Waals surface area contributed by atoms with Gasteiger partial charge in [0.05, 0.1) is 6.54 Å². The van der Waals surface area contributed by atoms with Crippen LogP contribution in [0.1, 0.15) is 36.5 Å². The van der Waals surface area contributed by atoms with Gasteiger partial charge in [-0.15, -0.1) is 0 Å². The molecule has 1 fully saturated rings.